The first-order chi connectivity index (χ1) is 14.3. The summed E-state index contributed by atoms with van der Waals surface area (Å²) >= 11 is 0. The maximum absolute atomic E-state index is 12.7. The summed E-state index contributed by atoms with van der Waals surface area (Å²) in [4.78, 5) is 15.1. The standard InChI is InChI=1S/C26H27NO2/c28-25-16-17-29-26(25)24(18-21-10-4-1-5-11-21)27(19-22-12-6-2-7-13-22)20-23-14-8-3-9-15-23/h1-15,24,26H,16-20H2/t24-,26-/m1/s1. The molecule has 148 valence electrons. The lowest BCUT2D eigenvalue weighted by atomic mass is 9.96. The van der Waals surface area contributed by atoms with Gasteiger partial charge in [-0.25, -0.2) is 0 Å². The number of nitrogens with zero attached hydrogens (tertiary/aromatic N) is 1. The largest absolute Gasteiger partial charge is 0.368 e. The van der Waals surface area contributed by atoms with Crippen LogP contribution in [0.1, 0.15) is 23.1 Å². The molecule has 0 N–H and O–H groups in total. The highest BCUT2D eigenvalue weighted by molar-refractivity contribution is 5.85. The Hall–Kier alpha value is -2.75. The minimum atomic E-state index is -0.373. The zero-order valence-corrected chi connectivity index (χ0v) is 16.6. The van der Waals surface area contributed by atoms with Crippen LogP contribution in [0.25, 0.3) is 0 Å². The van der Waals surface area contributed by atoms with E-state index in [0.29, 0.717) is 13.0 Å². The van der Waals surface area contributed by atoms with Gasteiger partial charge in [0, 0.05) is 25.6 Å². The molecule has 3 aromatic rings. The van der Waals surface area contributed by atoms with Crippen LogP contribution in [0.4, 0.5) is 0 Å². The Morgan fingerprint density at radius 2 is 1.24 bits per heavy atom. The van der Waals surface area contributed by atoms with Crippen LogP contribution in [0.3, 0.4) is 0 Å². The molecule has 3 aromatic carbocycles. The SMILES string of the molecule is O=C1CCO[C@@H]1[C@@H](Cc1ccccc1)N(Cc1ccccc1)Cc1ccccc1. The molecule has 1 fully saturated rings. The summed E-state index contributed by atoms with van der Waals surface area (Å²) in [5.74, 6) is 0.219. The van der Waals surface area contributed by atoms with Crippen molar-refractivity contribution in [3.63, 3.8) is 0 Å². The topological polar surface area (TPSA) is 29.5 Å². The van der Waals surface area contributed by atoms with Gasteiger partial charge in [-0.3, -0.25) is 9.69 Å². The van der Waals surface area contributed by atoms with Gasteiger partial charge in [-0.05, 0) is 23.1 Å². The van der Waals surface area contributed by atoms with Crippen molar-refractivity contribution in [3.8, 4) is 0 Å². The molecule has 1 heterocycles. The van der Waals surface area contributed by atoms with Crippen molar-refractivity contribution < 1.29 is 9.53 Å². The molecular weight excluding hydrogens is 358 g/mol. The van der Waals surface area contributed by atoms with Gasteiger partial charge in [0.1, 0.15) is 6.10 Å². The van der Waals surface area contributed by atoms with Crippen LogP contribution >= 0.6 is 0 Å². The van der Waals surface area contributed by atoms with Gasteiger partial charge < -0.3 is 4.74 Å². The predicted octanol–water partition coefficient (Wildman–Crippen LogP) is 4.66. The fraction of sp³-hybridized carbons (Fsp3) is 0.269. The fourth-order valence-corrected chi connectivity index (χ4v) is 4.06. The minimum absolute atomic E-state index is 0.00666. The summed E-state index contributed by atoms with van der Waals surface area (Å²) in [5.41, 5.74) is 3.71. The molecule has 1 saturated heterocycles. The van der Waals surface area contributed by atoms with Crippen molar-refractivity contribution in [1.29, 1.82) is 0 Å². The van der Waals surface area contributed by atoms with E-state index in [2.05, 4.69) is 77.7 Å². The van der Waals surface area contributed by atoms with Crippen LogP contribution in [-0.4, -0.2) is 29.4 Å². The summed E-state index contributed by atoms with van der Waals surface area (Å²) in [5, 5.41) is 0. The molecule has 2 atom stereocenters. The Labute approximate surface area is 172 Å². The lowest BCUT2D eigenvalue weighted by Crippen LogP contribution is -2.47. The molecule has 0 aliphatic carbocycles. The summed E-state index contributed by atoms with van der Waals surface area (Å²) in [6, 6.07) is 31.3. The summed E-state index contributed by atoms with van der Waals surface area (Å²) in [6.45, 7) is 2.08. The molecule has 0 bridgehead atoms. The number of rotatable bonds is 8. The lowest BCUT2D eigenvalue weighted by Gasteiger charge is -2.35. The van der Waals surface area contributed by atoms with Crippen molar-refractivity contribution in [3.05, 3.63) is 108 Å². The first-order valence-electron chi connectivity index (χ1n) is 10.3. The molecule has 0 amide bonds. The Morgan fingerprint density at radius 1 is 0.759 bits per heavy atom. The zero-order valence-electron chi connectivity index (χ0n) is 16.6. The van der Waals surface area contributed by atoms with E-state index in [0.717, 1.165) is 19.5 Å². The van der Waals surface area contributed by atoms with Crippen LogP contribution in [-0.2, 0) is 29.0 Å². The number of Topliss-reactive ketones (excluding diaryl/α,β-unsaturated/α-hetero) is 1. The third-order valence-electron chi connectivity index (χ3n) is 5.53. The highest BCUT2D eigenvalue weighted by atomic mass is 16.5. The van der Waals surface area contributed by atoms with Crippen molar-refractivity contribution in [2.24, 2.45) is 0 Å². The zero-order chi connectivity index (χ0) is 19.9. The van der Waals surface area contributed by atoms with Gasteiger partial charge in [0.2, 0.25) is 0 Å². The first-order valence-corrected chi connectivity index (χ1v) is 10.3. The van der Waals surface area contributed by atoms with E-state index in [4.69, 9.17) is 4.74 Å². The molecule has 1 aliphatic rings. The summed E-state index contributed by atoms with van der Waals surface area (Å²) < 4.78 is 5.96. The molecule has 29 heavy (non-hydrogen) atoms. The molecule has 3 heteroatoms. The van der Waals surface area contributed by atoms with E-state index in [9.17, 15) is 4.79 Å². The van der Waals surface area contributed by atoms with Gasteiger partial charge in [-0.2, -0.15) is 0 Å². The molecule has 1 aliphatic heterocycles. The van der Waals surface area contributed by atoms with Crippen molar-refractivity contribution in [2.75, 3.05) is 6.61 Å². The fourth-order valence-electron chi connectivity index (χ4n) is 4.06. The summed E-state index contributed by atoms with van der Waals surface area (Å²) in [6.07, 6.45) is 0.930. The molecule has 0 unspecified atom stereocenters. The van der Waals surface area contributed by atoms with Gasteiger partial charge >= 0.3 is 0 Å². The monoisotopic (exact) mass is 385 g/mol. The van der Waals surface area contributed by atoms with E-state index in [1.807, 2.05) is 18.2 Å². The van der Waals surface area contributed by atoms with Gasteiger partial charge in [-0.15, -0.1) is 0 Å². The third-order valence-corrected chi connectivity index (χ3v) is 5.53. The van der Waals surface area contributed by atoms with Crippen molar-refractivity contribution >= 4 is 5.78 Å². The average Bonchev–Trinajstić information content (AvgIpc) is 3.19. The van der Waals surface area contributed by atoms with E-state index in [1.165, 1.54) is 16.7 Å². The van der Waals surface area contributed by atoms with Gasteiger partial charge in [0.15, 0.2) is 5.78 Å². The van der Waals surface area contributed by atoms with Crippen LogP contribution in [0.2, 0.25) is 0 Å². The van der Waals surface area contributed by atoms with E-state index in [-0.39, 0.29) is 17.9 Å². The highest BCUT2D eigenvalue weighted by Gasteiger charge is 2.37. The van der Waals surface area contributed by atoms with E-state index < -0.39 is 0 Å². The Kier molecular flexibility index (Phi) is 6.50. The van der Waals surface area contributed by atoms with Crippen molar-refractivity contribution in [1.82, 2.24) is 4.90 Å². The smallest absolute Gasteiger partial charge is 0.165 e. The second kappa shape index (κ2) is 9.64. The van der Waals surface area contributed by atoms with Crippen LogP contribution < -0.4 is 0 Å². The third kappa shape index (κ3) is 5.20. The molecular formula is C26H27NO2. The Morgan fingerprint density at radius 3 is 1.69 bits per heavy atom. The minimum Gasteiger partial charge on any atom is -0.368 e. The number of benzene rings is 3. The van der Waals surface area contributed by atoms with Crippen LogP contribution in [0.15, 0.2) is 91.0 Å². The number of ketones is 1. The Balaban J connectivity index is 1.66. The first kappa shape index (κ1) is 19.6. The maximum atomic E-state index is 12.7. The number of carbonyl (C=O) groups is 1. The Bertz CT molecular complexity index is 854. The van der Waals surface area contributed by atoms with E-state index in [1.54, 1.807) is 0 Å². The van der Waals surface area contributed by atoms with E-state index >= 15 is 0 Å². The second-order valence-electron chi connectivity index (χ2n) is 7.64. The number of hydrogen-bond donors (Lipinski definition) is 0. The maximum Gasteiger partial charge on any atom is 0.165 e. The highest BCUT2D eigenvalue weighted by Crippen LogP contribution is 2.24. The molecule has 0 spiro atoms. The molecule has 0 aromatic heterocycles. The number of ether oxygens (including phenoxy) is 1. The second-order valence-corrected chi connectivity index (χ2v) is 7.64. The molecule has 0 saturated carbocycles. The molecule has 0 radical (unpaired) electrons. The molecule has 4 rings (SSSR count). The number of hydrogen-bond acceptors (Lipinski definition) is 3. The lowest BCUT2D eigenvalue weighted by molar-refractivity contribution is -0.125. The average molecular weight is 386 g/mol. The number of carbonyl (C=O) groups excluding carboxylic acids is 1. The predicted molar refractivity (Wildman–Crippen MR) is 115 cm³/mol. The van der Waals surface area contributed by atoms with Crippen LogP contribution in [0, 0.1) is 0 Å². The summed E-state index contributed by atoms with van der Waals surface area (Å²) in [7, 11) is 0. The van der Waals surface area contributed by atoms with Crippen LogP contribution in [0.5, 0.6) is 0 Å². The van der Waals surface area contributed by atoms with Crippen molar-refractivity contribution in [2.45, 2.75) is 38.1 Å². The van der Waals surface area contributed by atoms with Gasteiger partial charge in [-0.1, -0.05) is 91.0 Å². The van der Waals surface area contributed by atoms with Gasteiger partial charge in [0.25, 0.3) is 0 Å². The quantitative estimate of drug-likeness (QED) is 0.565. The van der Waals surface area contributed by atoms with Gasteiger partial charge in [0.05, 0.1) is 6.61 Å². The molecule has 3 nitrogen and oxygen atoms in total. The normalized spacial score (nSPS) is 17.6.